The fourth-order valence-electron chi connectivity index (χ4n) is 4.19. The monoisotopic (exact) mass is 456 g/mol. The molecule has 3 heterocycles. The van der Waals surface area contributed by atoms with Gasteiger partial charge >= 0.3 is 0 Å². The highest BCUT2D eigenvalue weighted by Crippen LogP contribution is 2.19. The second-order valence-corrected chi connectivity index (χ2v) is 8.45. The molecule has 0 atom stereocenters. The Morgan fingerprint density at radius 1 is 1.00 bits per heavy atom. The van der Waals surface area contributed by atoms with E-state index in [0.29, 0.717) is 16.8 Å². The second-order valence-electron chi connectivity index (χ2n) is 8.45. The van der Waals surface area contributed by atoms with Gasteiger partial charge in [0.1, 0.15) is 5.82 Å². The van der Waals surface area contributed by atoms with E-state index in [2.05, 4.69) is 37.5 Å². The summed E-state index contributed by atoms with van der Waals surface area (Å²) in [5, 5.41) is 11.4. The number of aromatic nitrogens is 4. The molecule has 4 aromatic rings. The first kappa shape index (κ1) is 21.9. The molecule has 0 aliphatic carbocycles. The molecule has 34 heavy (non-hydrogen) atoms. The van der Waals surface area contributed by atoms with Crippen LogP contribution in [-0.4, -0.2) is 49.9 Å². The number of rotatable bonds is 6. The van der Waals surface area contributed by atoms with Crippen molar-refractivity contribution in [2.24, 2.45) is 0 Å². The summed E-state index contributed by atoms with van der Waals surface area (Å²) in [5.41, 5.74) is 4.01. The van der Waals surface area contributed by atoms with Crippen LogP contribution in [-0.2, 0) is 6.54 Å². The van der Waals surface area contributed by atoms with Gasteiger partial charge < -0.3 is 5.32 Å². The van der Waals surface area contributed by atoms with Crippen molar-refractivity contribution in [2.45, 2.75) is 25.4 Å². The summed E-state index contributed by atoms with van der Waals surface area (Å²) in [6, 6.07) is 18.1. The molecular weight excluding hydrogens is 431 g/mol. The molecule has 0 radical (unpaired) electrons. The van der Waals surface area contributed by atoms with Crippen LogP contribution in [0.3, 0.4) is 0 Å². The maximum absolute atomic E-state index is 13.4. The minimum absolute atomic E-state index is 0.125. The van der Waals surface area contributed by atoms with E-state index >= 15 is 0 Å². The Morgan fingerprint density at radius 3 is 2.44 bits per heavy atom. The third kappa shape index (κ3) is 5.18. The summed E-state index contributed by atoms with van der Waals surface area (Å²) in [7, 11) is 0. The largest absolute Gasteiger partial charge is 0.349 e. The van der Waals surface area contributed by atoms with Crippen LogP contribution in [0.25, 0.3) is 16.9 Å². The number of carbonyl (C=O) groups is 1. The maximum Gasteiger partial charge on any atom is 0.253 e. The van der Waals surface area contributed by atoms with Crippen LogP contribution < -0.4 is 5.32 Å². The van der Waals surface area contributed by atoms with Gasteiger partial charge in [0, 0.05) is 37.4 Å². The number of pyridine rings is 1. The molecule has 8 heteroatoms. The number of likely N-dealkylation sites (tertiary alicyclic amines) is 1. The highest BCUT2D eigenvalue weighted by Gasteiger charge is 2.21. The van der Waals surface area contributed by atoms with Crippen molar-refractivity contribution in [3.05, 3.63) is 96.2 Å². The molecular formula is C26H25FN6O. The van der Waals surface area contributed by atoms with E-state index in [-0.39, 0.29) is 17.8 Å². The molecule has 1 aliphatic rings. The third-order valence-electron chi connectivity index (χ3n) is 6.06. The lowest BCUT2D eigenvalue weighted by molar-refractivity contribution is 0.0908. The number of piperidine rings is 1. The number of halogens is 1. The van der Waals surface area contributed by atoms with Gasteiger partial charge in [0.15, 0.2) is 0 Å². The van der Waals surface area contributed by atoms with Crippen LogP contribution in [0.5, 0.6) is 0 Å². The summed E-state index contributed by atoms with van der Waals surface area (Å²) >= 11 is 0. The van der Waals surface area contributed by atoms with Crippen molar-refractivity contribution >= 4 is 5.91 Å². The number of carbonyl (C=O) groups excluding carboxylic acids is 1. The summed E-state index contributed by atoms with van der Waals surface area (Å²) in [5.74, 6) is -0.435. The molecule has 0 saturated carbocycles. The number of hydrogen-bond donors (Lipinski definition) is 1. The lowest BCUT2D eigenvalue weighted by Crippen LogP contribution is -2.44. The molecule has 172 valence electrons. The summed E-state index contributed by atoms with van der Waals surface area (Å²) in [6.45, 7) is 2.72. The van der Waals surface area contributed by atoms with Crippen molar-refractivity contribution in [1.82, 2.24) is 30.2 Å². The Labute approximate surface area is 197 Å². The number of hydrogen-bond acceptors (Lipinski definition) is 5. The van der Waals surface area contributed by atoms with Crippen molar-refractivity contribution < 1.29 is 9.18 Å². The van der Waals surface area contributed by atoms with Crippen LogP contribution in [0.4, 0.5) is 4.39 Å². The molecule has 5 rings (SSSR count). The van der Waals surface area contributed by atoms with Crippen LogP contribution >= 0.6 is 0 Å². The summed E-state index contributed by atoms with van der Waals surface area (Å²) in [6.07, 6.45) is 6.67. The van der Waals surface area contributed by atoms with E-state index in [1.165, 1.54) is 17.7 Å². The SMILES string of the molecule is O=C(NC1CCN(Cc2ccc(-n3nccn3)cc2)CC1)c1ccc(-c2cccc(F)c2)nc1. The van der Waals surface area contributed by atoms with Gasteiger partial charge in [0.2, 0.25) is 0 Å². The van der Waals surface area contributed by atoms with Gasteiger partial charge in [0.25, 0.3) is 5.91 Å². The van der Waals surface area contributed by atoms with Crippen LogP contribution in [0.1, 0.15) is 28.8 Å². The average molecular weight is 457 g/mol. The first-order valence-electron chi connectivity index (χ1n) is 11.3. The van der Waals surface area contributed by atoms with E-state index in [0.717, 1.165) is 38.2 Å². The minimum atomic E-state index is -0.309. The van der Waals surface area contributed by atoms with E-state index in [4.69, 9.17) is 0 Å². The maximum atomic E-state index is 13.4. The molecule has 0 spiro atoms. The quantitative estimate of drug-likeness (QED) is 0.477. The third-order valence-corrected chi connectivity index (χ3v) is 6.06. The van der Waals surface area contributed by atoms with Gasteiger partial charge in [-0.3, -0.25) is 14.7 Å². The Balaban J connectivity index is 1.11. The van der Waals surface area contributed by atoms with Gasteiger partial charge in [-0.15, -0.1) is 0 Å². The first-order chi connectivity index (χ1) is 16.6. The fraction of sp³-hybridized carbons (Fsp3) is 0.231. The normalized spacial score (nSPS) is 14.7. The zero-order valence-corrected chi connectivity index (χ0v) is 18.6. The summed E-state index contributed by atoms with van der Waals surface area (Å²) in [4.78, 5) is 21.0. The molecule has 1 amide bonds. The van der Waals surface area contributed by atoms with E-state index < -0.39 is 0 Å². The van der Waals surface area contributed by atoms with Gasteiger partial charge in [-0.05, 0) is 54.8 Å². The zero-order chi connectivity index (χ0) is 23.3. The molecule has 1 fully saturated rings. The Morgan fingerprint density at radius 2 is 1.76 bits per heavy atom. The smallest absolute Gasteiger partial charge is 0.253 e. The number of benzene rings is 2. The molecule has 1 saturated heterocycles. The van der Waals surface area contributed by atoms with Crippen LogP contribution in [0.15, 0.2) is 79.3 Å². The molecule has 2 aromatic heterocycles. The van der Waals surface area contributed by atoms with Crippen molar-refractivity contribution in [3.8, 4) is 16.9 Å². The van der Waals surface area contributed by atoms with Crippen LogP contribution in [0, 0.1) is 5.82 Å². The van der Waals surface area contributed by atoms with Gasteiger partial charge in [-0.25, -0.2) is 4.39 Å². The minimum Gasteiger partial charge on any atom is -0.349 e. The Hall–Kier alpha value is -3.91. The predicted octanol–water partition coefficient (Wildman–Crippen LogP) is 3.86. The number of amides is 1. The highest BCUT2D eigenvalue weighted by atomic mass is 19.1. The second kappa shape index (κ2) is 9.93. The van der Waals surface area contributed by atoms with E-state index in [9.17, 15) is 9.18 Å². The van der Waals surface area contributed by atoms with E-state index in [1.807, 2.05) is 12.1 Å². The van der Waals surface area contributed by atoms with Crippen LogP contribution in [0.2, 0.25) is 0 Å². The highest BCUT2D eigenvalue weighted by molar-refractivity contribution is 5.94. The van der Waals surface area contributed by atoms with Gasteiger partial charge in [0.05, 0.1) is 29.3 Å². The molecule has 1 N–H and O–H groups in total. The molecule has 0 unspecified atom stereocenters. The molecule has 1 aliphatic heterocycles. The standard InChI is InChI=1S/C26H25FN6O/c27-22-3-1-2-20(16-22)25-9-6-21(17-28-25)26(34)31-23-10-14-32(15-11-23)18-19-4-7-24(8-5-19)33-29-12-13-30-33/h1-9,12-13,16-17,23H,10-11,14-15,18H2,(H,31,34). The molecule has 0 bridgehead atoms. The van der Waals surface area contributed by atoms with Crippen molar-refractivity contribution in [3.63, 3.8) is 0 Å². The van der Waals surface area contributed by atoms with E-state index in [1.54, 1.807) is 47.7 Å². The fourth-order valence-corrected chi connectivity index (χ4v) is 4.19. The summed E-state index contributed by atoms with van der Waals surface area (Å²) < 4.78 is 13.4. The number of nitrogens with one attached hydrogen (secondary N) is 1. The predicted molar refractivity (Wildman–Crippen MR) is 127 cm³/mol. The van der Waals surface area contributed by atoms with Gasteiger partial charge in [-0.1, -0.05) is 24.3 Å². The number of nitrogens with zero attached hydrogens (tertiary/aromatic N) is 5. The lowest BCUT2D eigenvalue weighted by Gasteiger charge is -2.32. The van der Waals surface area contributed by atoms with Crippen molar-refractivity contribution in [1.29, 1.82) is 0 Å². The average Bonchev–Trinajstić information content (AvgIpc) is 3.41. The topological polar surface area (TPSA) is 75.9 Å². The van der Waals surface area contributed by atoms with Crippen molar-refractivity contribution in [2.75, 3.05) is 13.1 Å². The zero-order valence-electron chi connectivity index (χ0n) is 18.6. The lowest BCUT2D eigenvalue weighted by atomic mass is 10.0. The molecule has 2 aromatic carbocycles. The van der Waals surface area contributed by atoms with Gasteiger partial charge in [-0.2, -0.15) is 15.0 Å². The first-order valence-corrected chi connectivity index (χ1v) is 11.3. The Bertz CT molecular complexity index is 1230. The Kier molecular flexibility index (Phi) is 6.40. The molecule has 7 nitrogen and oxygen atoms in total.